The second-order valence-electron chi connectivity index (χ2n) is 4.31. The summed E-state index contributed by atoms with van der Waals surface area (Å²) < 4.78 is 1.69. The number of aromatic nitrogens is 1. The van der Waals surface area contributed by atoms with Gasteiger partial charge in [-0.15, -0.1) is 17.0 Å². The first-order chi connectivity index (χ1) is 9.09. The number of carbonyl (C=O) groups excluding carboxylic acids is 2. The molecule has 4 nitrogen and oxygen atoms in total. The Kier molecular flexibility index (Phi) is 5.58. The Labute approximate surface area is 128 Å². The van der Waals surface area contributed by atoms with Crippen LogP contribution in [0.1, 0.15) is 33.7 Å². The lowest BCUT2D eigenvalue weighted by molar-refractivity contribution is -0.704. The lowest BCUT2D eigenvalue weighted by atomic mass is 10.1. The predicted molar refractivity (Wildman–Crippen MR) is 81.0 cm³/mol. The van der Waals surface area contributed by atoms with E-state index < -0.39 is 5.91 Å². The first kappa shape index (κ1) is 16.0. The van der Waals surface area contributed by atoms with Crippen LogP contribution in [-0.4, -0.2) is 11.7 Å². The van der Waals surface area contributed by atoms with Crippen molar-refractivity contribution >= 4 is 28.7 Å². The molecule has 5 heteroatoms. The van der Waals surface area contributed by atoms with Crippen LogP contribution in [0.15, 0.2) is 54.9 Å². The smallest absolute Gasteiger partial charge is 0.254 e. The zero-order valence-corrected chi connectivity index (χ0v) is 12.7. The molecular weight excluding hydrogens is 320 g/mol. The molecule has 0 aliphatic heterocycles. The van der Waals surface area contributed by atoms with Crippen LogP contribution in [0.3, 0.4) is 0 Å². The van der Waals surface area contributed by atoms with Gasteiger partial charge in [0.05, 0.1) is 0 Å². The molecule has 0 bridgehead atoms. The Balaban J connectivity index is 0.00000200. The number of nitrogens with zero attached hydrogens (tertiary/aromatic N) is 1. The Hall–Kier alpha value is -2.01. The number of nitrogens with two attached hydrogens (primary N) is 1. The number of pyridine rings is 1. The molecule has 0 radical (unpaired) electrons. The molecule has 2 rings (SSSR count). The van der Waals surface area contributed by atoms with Crippen LogP contribution in [0.5, 0.6) is 0 Å². The molecule has 104 valence electrons. The lowest BCUT2D eigenvalue weighted by Gasteiger charge is -2.06. The van der Waals surface area contributed by atoms with Crippen LogP contribution in [0, 0.1) is 0 Å². The molecule has 0 saturated heterocycles. The van der Waals surface area contributed by atoms with Gasteiger partial charge in [0, 0.05) is 18.6 Å². The molecule has 0 aliphatic rings. The van der Waals surface area contributed by atoms with E-state index in [1.165, 1.54) is 0 Å². The van der Waals surface area contributed by atoms with Crippen molar-refractivity contribution < 1.29 is 14.2 Å². The quantitative estimate of drug-likeness (QED) is 0.686. The molecule has 20 heavy (non-hydrogen) atoms. The van der Waals surface area contributed by atoms with Gasteiger partial charge in [0.2, 0.25) is 11.8 Å². The zero-order valence-electron chi connectivity index (χ0n) is 11.0. The van der Waals surface area contributed by atoms with Crippen molar-refractivity contribution in [2.24, 2.45) is 5.73 Å². The highest BCUT2D eigenvalue weighted by atomic mass is 79.9. The Morgan fingerprint density at radius 1 is 1.05 bits per heavy atom. The predicted octanol–water partition coefficient (Wildman–Crippen LogP) is 2.09. The van der Waals surface area contributed by atoms with Crippen LogP contribution in [0.25, 0.3) is 0 Å². The normalized spacial score (nSPS) is 11.2. The third-order valence-electron chi connectivity index (χ3n) is 2.99. The molecule has 1 aromatic carbocycles. The summed E-state index contributed by atoms with van der Waals surface area (Å²) in [5, 5.41) is 0. The summed E-state index contributed by atoms with van der Waals surface area (Å²) in [5.41, 5.74) is 6.26. The third kappa shape index (κ3) is 3.51. The van der Waals surface area contributed by atoms with Gasteiger partial charge in [-0.1, -0.05) is 30.3 Å². The highest BCUT2D eigenvalue weighted by Gasteiger charge is 2.23. The largest absolute Gasteiger partial charge is 0.365 e. The van der Waals surface area contributed by atoms with E-state index in [-0.39, 0.29) is 28.8 Å². The molecular formula is C15H16BrN2O2+. The van der Waals surface area contributed by atoms with Crippen molar-refractivity contribution in [2.45, 2.75) is 13.0 Å². The Morgan fingerprint density at radius 3 is 2.25 bits per heavy atom. The van der Waals surface area contributed by atoms with E-state index in [9.17, 15) is 9.59 Å². The number of halogens is 1. The average molecular weight is 336 g/mol. The van der Waals surface area contributed by atoms with Gasteiger partial charge >= 0.3 is 0 Å². The van der Waals surface area contributed by atoms with Crippen molar-refractivity contribution in [3.63, 3.8) is 0 Å². The molecule has 2 aromatic rings. The summed E-state index contributed by atoms with van der Waals surface area (Å²) in [6, 6.07) is 12.0. The molecule has 1 heterocycles. The number of amides is 1. The SMILES string of the molecule is Br.CC(C(=O)c1ccccc1)[n+]1cccc(C(N)=O)c1. The van der Waals surface area contributed by atoms with Crippen LogP contribution >= 0.6 is 17.0 Å². The summed E-state index contributed by atoms with van der Waals surface area (Å²) >= 11 is 0. The molecule has 1 aromatic heterocycles. The van der Waals surface area contributed by atoms with Gasteiger partial charge in [0.1, 0.15) is 5.56 Å². The molecule has 0 saturated carbocycles. The number of rotatable bonds is 4. The number of benzene rings is 1. The van der Waals surface area contributed by atoms with E-state index in [1.54, 1.807) is 48.1 Å². The lowest BCUT2D eigenvalue weighted by Crippen LogP contribution is -2.42. The van der Waals surface area contributed by atoms with Crippen LogP contribution < -0.4 is 10.3 Å². The number of hydrogen-bond donors (Lipinski definition) is 1. The van der Waals surface area contributed by atoms with Crippen molar-refractivity contribution in [1.82, 2.24) is 0 Å². The fourth-order valence-corrected chi connectivity index (χ4v) is 1.86. The maximum atomic E-state index is 12.3. The zero-order chi connectivity index (χ0) is 13.8. The van der Waals surface area contributed by atoms with Crippen molar-refractivity contribution in [1.29, 1.82) is 0 Å². The molecule has 0 fully saturated rings. The van der Waals surface area contributed by atoms with Crippen LogP contribution in [-0.2, 0) is 0 Å². The van der Waals surface area contributed by atoms with Gasteiger partial charge in [0.25, 0.3) is 5.91 Å². The van der Waals surface area contributed by atoms with Crippen molar-refractivity contribution in [2.75, 3.05) is 0 Å². The van der Waals surface area contributed by atoms with E-state index in [4.69, 9.17) is 5.73 Å². The summed E-state index contributed by atoms with van der Waals surface area (Å²) in [6.45, 7) is 1.79. The maximum absolute atomic E-state index is 12.3. The van der Waals surface area contributed by atoms with Crippen molar-refractivity contribution in [3.05, 3.63) is 66.0 Å². The molecule has 1 amide bonds. The standard InChI is InChI=1S/C15H14N2O2.BrH/c1-11(14(18)12-6-3-2-4-7-12)17-9-5-8-13(10-17)15(16)19;/h2-11H,1H3,(H-,16,19);1H/p+1. The maximum Gasteiger partial charge on any atom is 0.254 e. The van der Waals surface area contributed by atoms with E-state index in [0.717, 1.165) is 0 Å². The Bertz CT molecular complexity index is 614. The van der Waals surface area contributed by atoms with E-state index >= 15 is 0 Å². The summed E-state index contributed by atoms with van der Waals surface area (Å²) in [4.78, 5) is 23.4. The molecule has 0 spiro atoms. The van der Waals surface area contributed by atoms with Gasteiger partial charge in [-0.2, -0.15) is 4.57 Å². The van der Waals surface area contributed by atoms with Gasteiger partial charge in [-0.3, -0.25) is 9.59 Å². The van der Waals surface area contributed by atoms with Gasteiger partial charge in [-0.05, 0) is 6.07 Å². The molecule has 2 N–H and O–H groups in total. The second-order valence-corrected chi connectivity index (χ2v) is 4.31. The number of hydrogen-bond acceptors (Lipinski definition) is 2. The molecule has 1 atom stereocenters. The fourth-order valence-electron chi connectivity index (χ4n) is 1.86. The fraction of sp³-hybridized carbons (Fsp3) is 0.133. The minimum Gasteiger partial charge on any atom is -0.365 e. The van der Waals surface area contributed by atoms with Gasteiger partial charge in [0.15, 0.2) is 12.4 Å². The topological polar surface area (TPSA) is 64.0 Å². The first-order valence-corrected chi connectivity index (χ1v) is 5.99. The highest BCUT2D eigenvalue weighted by molar-refractivity contribution is 8.93. The van der Waals surface area contributed by atoms with Crippen molar-refractivity contribution in [3.8, 4) is 0 Å². The number of primary amides is 1. The number of carbonyl (C=O) groups is 2. The van der Waals surface area contributed by atoms with E-state index in [1.807, 2.05) is 18.2 Å². The first-order valence-electron chi connectivity index (χ1n) is 5.99. The second kappa shape index (κ2) is 6.96. The minimum absolute atomic E-state index is 0. The van der Waals surface area contributed by atoms with E-state index in [0.29, 0.717) is 11.1 Å². The molecule has 0 aliphatic carbocycles. The highest BCUT2D eigenvalue weighted by Crippen LogP contribution is 2.08. The van der Waals surface area contributed by atoms with Gasteiger partial charge in [-0.25, -0.2) is 0 Å². The van der Waals surface area contributed by atoms with Crippen LogP contribution in [0.4, 0.5) is 0 Å². The molecule has 1 unspecified atom stereocenters. The minimum atomic E-state index is -0.506. The third-order valence-corrected chi connectivity index (χ3v) is 2.99. The Morgan fingerprint density at radius 2 is 1.65 bits per heavy atom. The van der Waals surface area contributed by atoms with Crippen LogP contribution in [0.2, 0.25) is 0 Å². The van der Waals surface area contributed by atoms with E-state index in [2.05, 4.69) is 0 Å². The average Bonchev–Trinajstić information content (AvgIpc) is 2.46. The summed E-state index contributed by atoms with van der Waals surface area (Å²) in [7, 11) is 0. The monoisotopic (exact) mass is 335 g/mol. The van der Waals surface area contributed by atoms with Gasteiger partial charge < -0.3 is 5.73 Å². The summed E-state index contributed by atoms with van der Waals surface area (Å²) in [5.74, 6) is -0.513. The summed E-state index contributed by atoms with van der Waals surface area (Å²) in [6.07, 6.45) is 3.34. The number of ketones is 1. The number of Topliss-reactive ketones (excluding diaryl/α,β-unsaturated/α-hetero) is 1.